The zero-order chi connectivity index (χ0) is 15.0. The maximum Gasteiger partial charge on any atom is 0.250 e. The zero-order valence-corrected chi connectivity index (χ0v) is 12.6. The van der Waals surface area contributed by atoms with Crippen LogP contribution in [-0.4, -0.2) is 21.9 Å². The topological polar surface area (TPSA) is 83.8 Å². The predicted octanol–water partition coefficient (Wildman–Crippen LogP) is 2.43. The Morgan fingerprint density at radius 1 is 1.38 bits per heavy atom. The molecule has 3 rings (SSSR count). The number of nitrogens with two attached hydrogens (primary N) is 1. The third-order valence-electron chi connectivity index (χ3n) is 4.29. The van der Waals surface area contributed by atoms with Gasteiger partial charge in [-0.1, -0.05) is 18.9 Å². The number of para-hydroxylation sites is 1. The van der Waals surface area contributed by atoms with Crippen LogP contribution >= 0.6 is 0 Å². The average Bonchev–Trinajstić information content (AvgIpc) is 3.05. The van der Waals surface area contributed by atoms with E-state index >= 15 is 0 Å². The first kappa shape index (κ1) is 14.1. The van der Waals surface area contributed by atoms with Gasteiger partial charge < -0.3 is 16.0 Å². The molecule has 0 saturated heterocycles. The van der Waals surface area contributed by atoms with Gasteiger partial charge in [-0.2, -0.15) is 0 Å². The Morgan fingerprint density at radius 3 is 2.76 bits per heavy atom. The number of hydrogen-bond donors (Lipinski definition) is 3. The van der Waals surface area contributed by atoms with E-state index in [4.69, 9.17) is 5.73 Å². The molecule has 1 aliphatic rings. The lowest BCUT2D eigenvalue weighted by atomic mass is 10.0. The summed E-state index contributed by atoms with van der Waals surface area (Å²) in [4.78, 5) is 19.5. The second kappa shape index (κ2) is 5.15. The molecule has 0 spiro atoms. The van der Waals surface area contributed by atoms with Gasteiger partial charge in [0.15, 0.2) is 0 Å². The molecule has 0 radical (unpaired) electrons. The summed E-state index contributed by atoms with van der Waals surface area (Å²) in [5.74, 6) is 0.401. The summed E-state index contributed by atoms with van der Waals surface area (Å²) in [6, 6.07) is 6.00. The normalized spacial score (nSPS) is 16.7. The van der Waals surface area contributed by atoms with Gasteiger partial charge in [0.1, 0.15) is 11.3 Å². The van der Waals surface area contributed by atoms with Gasteiger partial charge in [0.2, 0.25) is 0 Å². The molecule has 0 bridgehead atoms. The van der Waals surface area contributed by atoms with Crippen LogP contribution in [0, 0.1) is 0 Å². The highest BCUT2D eigenvalue weighted by molar-refractivity contribution is 6.04. The molecule has 4 N–H and O–H groups in total. The molecule has 5 heteroatoms. The molecular formula is C16H22N4O. The van der Waals surface area contributed by atoms with Gasteiger partial charge in [0.05, 0.1) is 16.6 Å². The Balaban J connectivity index is 1.96. The van der Waals surface area contributed by atoms with Crippen molar-refractivity contribution in [1.29, 1.82) is 0 Å². The first-order valence-corrected chi connectivity index (χ1v) is 7.54. The number of aromatic amines is 1. The first-order chi connectivity index (χ1) is 9.97. The monoisotopic (exact) mass is 286 g/mol. The Bertz CT molecular complexity index is 668. The fraction of sp³-hybridized carbons (Fsp3) is 0.500. The number of nitrogens with zero attached hydrogens (tertiary/aromatic N) is 1. The van der Waals surface area contributed by atoms with Crippen molar-refractivity contribution in [2.45, 2.75) is 51.1 Å². The summed E-state index contributed by atoms with van der Waals surface area (Å²) in [7, 11) is 0. The Hall–Kier alpha value is -1.88. The highest BCUT2D eigenvalue weighted by Gasteiger charge is 2.29. The zero-order valence-electron chi connectivity index (χ0n) is 12.6. The molecule has 1 heterocycles. The van der Waals surface area contributed by atoms with E-state index in [9.17, 15) is 4.79 Å². The summed E-state index contributed by atoms with van der Waals surface area (Å²) in [5, 5.41) is 3.67. The number of rotatable bonds is 4. The molecule has 1 saturated carbocycles. The van der Waals surface area contributed by atoms with Crippen molar-refractivity contribution in [3.05, 3.63) is 29.6 Å². The largest absolute Gasteiger partial charge is 0.366 e. The van der Waals surface area contributed by atoms with Crippen LogP contribution in [0.2, 0.25) is 0 Å². The molecular weight excluding hydrogens is 264 g/mol. The number of aromatic nitrogens is 2. The number of primary amides is 1. The van der Waals surface area contributed by atoms with Crippen LogP contribution in [0.1, 0.15) is 55.7 Å². The minimum Gasteiger partial charge on any atom is -0.366 e. The number of amides is 1. The maximum atomic E-state index is 11.5. The van der Waals surface area contributed by atoms with Gasteiger partial charge in [-0.25, -0.2) is 4.98 Å². The van der Waals surface area contributed by atoms with Crippen molar-refractivity contribution in [3.8, 4) is 0 Å². The van der Waals surface area contributed by atoms with E-state index < -0.39 is 5.91 Å². The summed E-state index contributed by atoms with van der Waals surface area (Å²) >= 11 is 0. The van der Waals surface area contributed by atoms with Crippen LogP contribution in [0.3, 0.4) is 0 Å². The molecule has 1 amide bonds. The molecule has 112 valence electrons. The number of H-pyrrole nitrogens is 1. The number of fused-ring (bicyclic) bond motifs is 1. The second-order valence-corrected chi connectivity index (χ2v) is 6.40. The lowest BCUT2D eigenvalue weighted by molar-refractivity contribution is 0.100. The van der Waals surface area contributed by atoms with Gasteiger partial charge in [0, 0.05) is 6.04 Å². The molecule has 1 aliphatic carbocycles. The maximum absolute atomic E-state index is 11.5. The van der Waals surface area contributed by atoms with E-state index in [-0.39, 0.29) is 5.54 Å². The lowest BCUT2D eigenvalue weighted by Crippen LogP contribution is -2.43. The first-order valence-electron chi connectivity index (χ1n) is 7.54. The Morgan fingerprint density at radius 2 is 2.10 bits per heavy atom. The highest BCUT2D eigenvalue weighted by atomic mass is 16.1. The van der Waals surface area contributed by atoms with Gasteiger partial charge in [-0.15, -0.1) is 0 Å². The summed E-state index contributed by atoms with van der Waals surface area (Å²) in [6.07, 6.45) is 5.02. The molecule has 0 unspecified atom stereocenters. The number of carbonyl (C=O) groups is 1. The third-order valence-corrected chi connectivity index (χ3v) is 4.29. The van der Waals surface area contributed by atoms with Crippen molar-refractivity contribution in [2.75, 3.05) is 0 Å². The molecule has 0 atom stereocenters. The minimum atomic E-state index is -0.444. The molecule has 0 aliphatic heterocycles. The molecule has 21 heavy (non-hydrogen) atoms. The van der Waals surface area contributed by atoms with Crippen molar-refractivity contribution in [1.82, 2.24) is 15.3 Å². The van der Waals surface area contributed by atoms with Crippen molar-refractivity contribution in [2.24, 2.45) is 5.73 Å². The van der Waals surface area contributed by atoms with Crippen molar-refractivity contribution >= 4 is 16.9 Å². The SMILES string of the molecule is CC(C)(NC1CCCC1)c1nc2c(C(N)=O)cccc2[nH]1. The standard InChI is InChI=1S/C16H22N4O/c1-16(2,20-10-6-3-4-7-10)15-18-12-9-5-8-11(14(17)21)13(12)19-15/h5,8-10,20H,3-4,6-7H2,1-2H3,(H2,17,21)(H,18,19). The van der Waals surface area contributed by atoms with E-state index in [2.05, 4.69) is 29.1 Å². The molecule has 1 aromatic carbocycles. The average molecular weight is 286 g/mol. The fourth-order valence-electron chi connectivity index (χ4n) is 3.18. The number of carbonyl (C=O) groups excluding carboxylic acids is 1. The number of hydrogen-bond acceptors (Lipinski definition) is 3. The highest BCUT2D eigenvalue weighted by Crippen LogP contribution is 2.27. The number of imidazole rings is 1. The quantitative estimate of drug-likeness (QED) is 0.807. The van der Waals surface area contributed by atoms with E-state index in [1.807, 2.05) is 12.1 Å². The van der Waals surface area contributed by atoms with E-state index in [1.54, 1.807) is 6.07 Å². The minimum absolute atomic E-state index is 0.261. The summed E-state index contributed by atoms with van der Waals surface area (Å²) in [6.45, 7) is 4.24. The second-order valence-electron chi connectivity index (χ2n) is 6.40. The fourth-order valence-corrected chi connectivity index (χ4v) is 3.18. The summed E-state index contributed by atoms with van der Waals surface area (Å²) < 4.78 is 0. The Kier molecular flexibility index (Phi) is 3.45. The molecule has 1 aromatic heterocycles. The number of benzene rings is 1. The van der Waals surface area contributed by atoms with Crippen LogP contribution in [0.15, 0.2) is 18.2 Å². The van der Waals surface area contributed by atoms with E-state index in [1.165, 1.54) is 25.7 Å². The van der Waals surface area contributed by atoms with Crippen LogP contribution in [-0.2, 0) is 5.54 Å². The van der Waals surface area contributed by atoms with E-state index in [0.717, 1.165) is 11.3 Å². The van der Waals surface area contributed by atoms with Crippen LogP contribution < -0.4 is 11.1 Å². The van der Waals surface area contributed by atoms with E-state index in [0.29, 0.717) is 17.1 Å². The number of nitrogens with one attached hydrogen (secondary N) is 2. The van der Waals surface area contributed by atoms with Gasteiger partial charge in [-0.05, 0) is 38.8 Å². The van der Waals surface area contributed by atoms with Crippen molar-refractivity contribution in [3.63, 3.8) is 0 Å². The van der Waals surface area contributed by atoms with Gasteiger partial charge in [-0.3, -0.25) is 4.79 Å². The van der Waals surface area contributed by atoms with Crippen LogP contribution in [0.4, 0.5) is 0 Å². The van der Waals surface area contributed by atoms with Crippen LogP contribution in [0.5, 0.6) is 0 Å². The predicted molar refractivity (Wildman–Crippen MR) is 83.0 cm³/mol. The van der Waals surface area contributed by atoms with Crippen LogP contribution in [0.25, 0.3) is 11.0 Å². The molecule has 2 aromatic rings. The molecule has 1 fully saturated rings. The lowest BCUT2D eigenvalue weighted by Gasteiger charge is -2.28. The van der Waals surface area contributed by atoms with Gasteiger partial charge in [0.25, 0.3) is 5.91 Å². The third kappa shape index (κ3) is 2.65. The molecule has 5 nitrogen and oxygen atoms in total. The van der Waals surface area contributed by atoms with Gasteiger partial charge >= 0.3 is 0 Å². The Labute approximate surface area is 124 Å². The summed E-state index contributed by atoms with van der Waals surface area (Å²) in [5.41, 5.74) is 7.13. The van der Waals surface area contributed by atoms with Crippen molar-refractivity contribution < 1.29 is 4.79 Å². The smallest absolute Gasteiger partial charge is 0.250 e.